The van der Waals surface area contributed by atoms with Gasteiger partial charge in [0, 0.05) is 12.1 Å². The smallest absolute Gasteiger partial charge is 0.338 e. The Kier molecular flexibility index (Phi) is 6.65. The first-order valence-electron chi connectivity index (χ1n) is 8.56. The highest BCUT2D eigenvalue weighted by Crippen LogP contribution is 2.23. The minimum atomic E-state index is -0.237. The van der Waals surface area contributed by atoms with Gasteiger partial charge in [0.15, 0.2) is 0 Å². The molecular weight excluding hydrogens is 301 g/mol. The molecular formula is C19H25BNO3. The van der Waals surface area contributed by atoms with Gasteiger partial charge in [-0.25, -0.2) is 4.79 Å². The van der Waals surface area contributed by atoms with Crippen molar-refractivity contribution in [3.63, 3.8) is 0 Å². The topological polar surface area (TPSA) is 55.4 Å². The van der Waals surface area contributed by atoms with Gasteiger partial charge in [-0.05, 0) is 49.3 Å². The summed E-state index contributed by atoms with van der Waals surface area (Å²) in [6.45, 7) is 8.03. The predicted molar refractivity (Wildman–Crippen MR) is 96.2 cm³/mol. The van der Waals surface area contributed by atoms with Crippen LogP contribution in [0.25, 0.3) is 0 Å². The van der Waals surface area contributed by atoms with Gasteiger partial charge >= 0.3 is 5.97 Å². The van der Waals surface area contributed by atoms with Crippen LogP contribution >= 0.6 is 0 Å². The molecule has 0 spiro atoms. The number of hydrogen-bond acceptors (Lipinski definition) is 4. The summed E-state index contributed by atoms with van der Waals surface area (Å²) in [5.41, 5.74) is 3.78. The molecule has 0 aromatic heterocycles. The van der Waals surface area contributed by atoms with E-state index in [1.54, 1.807) is 6.92 Å². The highest BCUT2D eigenvalue weighted by molar-refractivity contribution is 6.38. The normalized spacial score (nSPS) is 15.8. The minimum absolute atomic E-state index is 0.172. The third-order valence-corrected chi connectivity index (χ3v) is 4.14. The van der Waals surface area contributed by atoms with Crippen molar-refractivity contribution in [3.8, 4) is 0 Å². The van der Waals surface area contributed by atoms with Crippen molar-refractivity contribution in [2.24, 2.45) is 0 Å². The number of carbonyl (C=O) groups is 2. The van der Waals surface area contributed by atoms with Crippen LogP contribution in [0.15, 0.2) is 30.5 Å². The third-order valence-electron chi connectivity index (χ3n) is 4.14. The van der Waals surface area contributed by atoms with Crippen LogP contribution in [-0.2, 0) is 22.3 Å². The van der Waals surface area contributed by atoms with Crippen molar-refractivity contribution >= 4 is 19.0 Å². The quantitative estimate of drug-likeness (QED) is 0.590. The molecule has 0 saturated heterocycles. The zero-order chi connectivity index (χ0) is 17.5. The molecule has 1 radical (unpaired) electrons. The predicted octanol–water partition coefficient (Wildman–Crippen LogP) is 2.81. The van der Waals surface area contributed by atoms with E-state index in [1.165, 1.54) is 5.56 Å². The number of rotatable bonds is 8. The molecule has 0 amide bonds. The summed E-state index contributed by atoms with van der Waals surface area (Å²) in [7, 11) is 2.16. The molecule has 0 bridgehead atoms. The van der Waals surface area contributed by atoms with Gasteiger partial charge in [0.1, 0.15) is 13.1 Å². The maximum absolute atomic E-state index is 12.2. The molecule has 4 nitrogen and oxygen atoms in total. The van der Waals surface area contributed by atoms with E-state index >= 15 is 0 Å². The zero-order valence-electron chi connectivity index (χ0n) is 14.6. The fourth-order valence-corrected chi connectivity index (χ4v) is 2.88. The number of hydrogen-bond donors (Lipinski definition) is 1. The summed E-state index contributed by atoms with van der Waals surface area (Å²) in [6.07, 6.45) is 3.54. The Morgan fingerprint density at radius 2 is 2.17 bits per heavy atom. The van der Waals surface area contributed by atoms with E-state index in [9.17, 15) is 9.59 Å². The van der Waals surface area contributed by atoms with Crippen molar-refractivity contribution in [1.29, 1.82) is 0 Å². The van der Waals surface area contributed by atoms with E-state index in [0.29, 0.717) is 25.0 Å². The maximum atomic E-state index is 12.2. The lowest BCUT2D eigenvalue weighted by molar-refractivity contribution is -0.117. The third kappa shape index (κ3) is 4.98. The second kappa shape index (κ2) is 8.72. The molecule has 0 saturated carbocycles. The molecule has 1 aromatic carbocycles. The van der Waals surface area contributed by atoms with Crippen LogP contribution in [0.4, 0.5) is 0 Å². The number of Topliss-reactive ketones (excluding diaryl/α,β-unsaturated/α-hetero) is 1. The molecule has 1 aliphatic rings. The highest BCUT2D eigenvalue weighted by Gasteiger charge is 2.24. The SMILES string of the molecule is C=C(CCC(C)=O)NC1[B]Cc2c(cccc2C(=O)OCCC)C1. The van der Waals surface area contributed by atoms with Crippen molar-refractivity contribution in [2.75, 3.05) is 6.61 Å². The number of nitrogens with one attached hydrogen (secondary N) is 1. The number of allylic oxidation sites excluding steroid dienone is 1. The monoisotopic (exact) mass is 326 g/mol. The van der Waals surface area contributed by atoms with Crippen LogP contribution in [0.5, 0.6) is 0 Å². The Balaban J connectivity index is 2.00. The Bertz CT molecular complexity index is 627. The van der Waals surface area contributed by atoms with Crippen LogP contribution in [-0.4, -0.2) is 31.6 Å². The molecule has 1 aliphatic heterocycles. The number of benzene rings is 1. The van der Waals surface area contributed by atoms with E-state index in [1.807, 2.05) is 19.1 Å². The van der Waals surface area contributed by atoms with Crippen LogP contribution in [0, 0.1) is 0 Å². The molecule has 1 unspecified atom stereocenters. The summed E-state index contributed by atoms with van der Waals surface area (Å²) in [5.74, 6) is 0.115. The molecule has 1 N–H and O–H groups in total. The first-order chi connectivity index (χ1) is 11.5. The zero-order valence-corrected chi connectivity index (χ0v) is 14.6. The summed E-state index contributed by atoms with van der Waals surface area (Å²) < 4.78 is 5.27. The molecule has 127 valence electrons. The van der Waals surface area contributed by atoms with Gasteiger partial charge in [-0.1, -0.05) is 32.0 Å². The molecule has 1 atom stereocenters. The lowest BCUT2D eigenvalue weighted by atomic mass is 9.57. The van der Waals surface area contributed by atoms with E-state index in [0.717, 1.165) is 30.4 Å². The summed E-state index contributed by atoms with van der Waals surface area (Å²) in [4.78, 5) is 23.2. The van der Waals surface area contributed by atoms with Gasteiger partial charge in [-0.2, -0.15) is 0 Å². The first-order valence-corrected chi connectivity index (χ1v) is 8.56. The number of esters is 1. The van der Waals surface area contributed by atoms with Gasteiger partial charge < -0.3 is 14.8 Å². The summed E-state index contributed by atoms with van der Waals surface area (Å²) in [6, 6.07) is 5.81. The fraction of sp³-hybridized carbons (Fsp3) is 0.474. The van der Waals surface area contributed by atoms with Gasteiger partial charge in [0.25, 0.3) is 0 Å². The second-order valence-electron chi connectivity index (χ2n) is 6.28. The molecule has 5 heteroatoms. The lowest BCUT2D eigenvalue weighted by Gasteiger charge is -2.27. The standard InChI is InChI=1S/C19H25BNO3/c1-4-10-24-19(23)16-7-5-6-15-11-18(20-12-17(15)16)21-13(2)8-9-14(3)22/h5-7,18,21H,2,4,8-12H2,1,3H3. The van der Waals surface area contributed by atoms with Crippen molar-refractivity contribution in [3.05, 3.63) is 47.2 Å². The molecule has 1 heterocycles. The largest absolute Gasteiger partial charge is 0.462 e. The van der Waals surface area contributed by atoms with E-state index in [4.69, 9.17) is 4.74 Å². The van der Waals surface area contributed by atoms with Gasteiger partial charge in [0.05, 0.1) is 12.2 Å². The summed E-state index contributed by atoms with van der Waals surface area (Å²) in [5, 5.41) is 3.38. The summed E-state index contributed by atoms with van der Waals surface area (Å²) >= 11 is 0. The highest BCUT2D eigenvalue weighted by atomic mass is 16.5. The number of fused-ring (bicyclic) bond motifs is 1. The van der Waals surface area contributed by atoms with Gasteiger partial charge in [-0.3, -0.25) is 0 Å². The maximum Gasteiger partial charge on any atom is 0.338 e. The Morgan fingerprint density at radius 3 is 2.88 bits per heavy atom. The molecule has 2 rings (SSSR count). The van der Waals surface area contributed by atoms with E-state index < -0.39 is 0 Å². The van der Waals surface area contributed by atoms with Crippen LogP contribution in [0.2, 0.25) is 0 Å². The Morgan fingerprint density at radius 1 is 1.38 bits per heavy atom. The molecule has 24 heavy (non-hydrogen) atoms. The number of ether oxygens (including phenoxy) is 1. The van der Waals surface area contributed by atoms with E-state index in [2.05, 4.69) is 25.2 Å². The van der Waals surface area contributed by atoms with Crippen molar-refractivity contribution in [1.82, 2.24) is 5.32 Å². The van der Waals surface area contributed by atoms with Crippen molar-refractivity contribution < 1.29 is 14.3 Å². The molecule has 0 aliphatic carbocycles. The van der Waals surface area contributed by atoms with Crippen LogP contribution in [0.3, 0.4) is 0 Å². The molecule has 1 aromatic rings. The average molecular weight is 326 g/mol. The lowest BCUT2D eigenvalue weighted by Crippen LogP contribution is -2.40. The minimum Gasteiger partial charge on any atom is -0.462 e. The van der Waals surface area contributed by atoms with E-state index in [-0.39, 0.29) is 17.7 Å². The molecule has 0 fully saturated rings. The van der Waals surface area contributed by atoms with Crippen LogP contribution in [0.1, 0.15) is 54.6 Å². The average Bonchev–Trinajstić information content (AvgIpc) is 2.57. The van der Waals surface area contributed by atoms with Crippen LogP contribution < -0.4 is 5.32 Å². The Hall–Kier alpha value is -2.04. The Labute approximate surface area is 144 Å². The second-order valence-corrected chi connectivity index (χ2v) is 6.28. The first kappa shape index (κ1) is 18.3. The van der Waals surface area contributed by atoms with Gasteiger partial charge in [0.2, 0.25) is 0 Å². The number of ketones is 1. The van der Waals surface area contributed by atoms with Crippen molar-refractivity contribution in [2.45, 2.75) is 51.8 Å². The number of carbonyl (C=O) groups excluding carboxylic acids is 2. The van der Waals surface area contributed by atoms with Gasteiger partial charge in [-0.15, -0.1) is 0 Å². The fourth-order valence-electron chi connectivity index (χ4n) is 2.88.